The molecule has 0 spiro atoms. The molecule has 2 aromatic carbocycles. The summed E-state index contributed by atoms with van der Waals surface area (Å²) in [5.74, 6) is 1.77. The molecule has 3 rings (SSSR count). The Morgan fingerprint density at radius 1 is 1.12 bits per heavy atom. The maximum Gasteiger partial charge on any atom is 0.191 e. The number of halogens is 1. The molecule has 0 unspecified atom stereocenters. The van der Waals surface area contributed by atoms with E-state index in [9.17, 15) is 0 Å². The molecule has 0 bridgehead atoms. The Kier molecular flexibility index (Phi) is 5.43. The lowest BCUT2D eigenvalue weighted by Gasteiger charge is -2.08. The second-order valence-corrected chi connectivity index (χ2v) is 6.90. The van der Waals surface area contributed by atoms with Crippen LogP contribution >= 0.6 is 23.4 Å². The molecule has 3 aromatic rings. The summed E-state index contributed by atoms with van der Waals surface area (Å²) in [5.41, 5.74) is 3.33. The van der Waals surface area contributed by atoms with Crippen LogP contribution in [0, 0.1) is 6.92 Å². The Hall–Kier alpha value is -1.98. The first-order valence-electron chi connectivity index (χ1n) is 7.68. The van der Waals surface area contributed by atoms with Gasteiger partial charge in [0.1, 0.15) is 0 Å². The Balaban J connectivity index is 1.61. The average Bonchev–Trinajstić information content (AvgIpc) is 2.95. The van der Waals surface area contributed by atoms with E-state index >= 15 is 0 Å². The average molecular weight is 359 g/mol. The first-order chi connectivity index (χ1) is 11.6. The molecular formula is C18H19ClN4S. The Morgan fingerprint density at radius 2 is 1.92 bits per heavy atom. The van der Waals surface area contributed by atoms with E-state index in [2.05, 4.69) is 39.8 Å². The van der Waals surface area contributed by atoms with Gasteiger partial charge < -0.3 is 9.88 Å². The highest BCUT2D eigenvalue weighted by Crippen LogP contribution is 2.22. The van der Waals surface area contributed by atoms with Gasteiger partial charge >= 0.3 is 0 Å². The highest BCUT2D eigenvalue weighted by Gasteiger charge is 2.09. The number of hydrogen-bond donors (Lipinski definition) is 1. The summed E-state index contributed by atoms with van der Waals surface area (Å²) in [4.78, 5) is 0. The first kappa shape index (κ1) is 16.9. The van der Waals surface area contributed by atoms with Crippen molar-refractivity contribution < 1.29 is 0 Å². The number of aryl methyl sites for hydroxylation is 1. The van der Waals surface area contributed by atoms with Crippen molar-refractivity contribution in [2.75, 3.05) is 5.32 Å². The number of benzene rings is 2. The molecule has 0 saturated carbocycles. The summed E-state index contributed by atoms with van der Waals surface area (Å²) in [6.07, 6.45) is 0. The van der Waals surface area contributed by atoms with E-state index in [-0.39, 0.29) is 0 Å². The molecule has 6 heteroatoms. The lowest BCUT2D eigenvalue weighted by Crippen LogP contribution is -2.06. The van der Waals surface area contributed by atoms with Crippen molar-refractivity contribution in [1.82, 2.24) is 14.8 Å². The van der Waals surface area contributed by atoms with Crippen LogP contribution in [0.25, 0.3) is 0 Å². The van der Waals surface area contributed by atoms with Gasteiger partial charge in [0, 0.05) is 23.5 Å². The van der Waals surface area contributed by atoms with Crippen molar-refractivity contribution in [3.05, 3.63) is 70.5 Å². The summed E-state index contributed by atoms with van der Waals surface area (Å²) < 4.78 is 2.02. The molecule has 24 heavy (non-hydrogen) atoms. The van der Waals surface area contributed by atoms with Gasteiger partial charge in [-0.2, -0.15) is 0 Å². The molecule has 0 saturated heterocycles. The Labute approximate surface area is 151 Å². The molecule has 1 heterocycles. The predicted octanol–water partition coefficient (Wildman–Crippen LogP) is 4.68. The number of anilines is 1. The molecule has 0 atom stereocenters. The van der Waals surface area contributed by atoms with Gasteiger partial charge in [0.15, 0.2) is 11.0 Å². The van der Waals surface area contributed by atoms with E-state index in [0.29, 0.717) is 6.54 Å². The smallest absolute Gasteiger partial charge is 0.191 e. The fourth-order valence-corrected chi connectivity index (χ4v) is 3.30. The molecule has 124 valence electrons. The minimum atomic E-state index is 0.606. The van der Waals surface area contributed by atoms with Crippen LogP contribution < -0.4 is 5.32 Å². The van der Waals surface area contributed by atoms with E-state index in [1.54, 1.807) is 11.8 Å². The highest BCUT2D eigenvalue weighted by molar-refractivity contribution is 7.98. The molecule has 1 N–H and O–H groups in total. The van der Waals surface area contributed by atoms with Gasteiger partial charge in [-0.05, 0) is 30.2 Å². The van der Waals surface area contributed by atoms with Crippen LogP contribution in [0.15, 0.2) is 53.7 Å². The van der Waals surface area contributed by atoms with Crippen molar-refractivity contribution in [2.24, 2.45) is 7.05 Å². The van der Waals surface area contributed by atoms with Crippen molar-refractivity contribution in [3.8, 4) is 0 Å². The molecule has 0 radical (unpaired) electrons. The second-order valence-electron chi connectivity index (χ2n) is 5.55. The largest absolute Gasteiger partial charge is 0.378 e. The van der Waals surface area contributed by atoms with Crippen LogP contribution in [0.1, 0.15) is 17.0 Å². The molecule has 0 fully saturated rings. The number of hydrogen-bond acceptors (Lipinski definition) is 4. The Bertz CT molecular complexity index is 817. The topological polar surface area (TPSA) is 42.7 Å². The van der Waals surface area contributed by atoms with Gasteiger partial charge in [0.05, 0.1) is 6.54 Å². The van der Waals surface area contributed by atoms with E-state index in [4.69, 9.17) is 11.6 Å². The minimum absolute atomic E-state index is 0.606. The number of nitrogens with one attached hydrogen (secondary N) is 1. The summed E-state index contributed by atoms with van der Waals surface area (Å²) in [6.45, 7) is 2.60. The first-order valence-corrected chi connectivity index (χ1v) is 9.05. The summed E-state index contributed by atoms with van der Waals surface area (Å²) in [7, 11) is 1.99. The van der Waals surface area contributed by atoms with E-state index in [0.717, 1.165) is 33.0 Å². The van der Waals surface area contributed by atoms with Gasteiger partial charge in [0.2, 0.25) is 0 Å². The minimum Gasteiger partial charge on any atom is -0.378 e. The van der Waals surface area contributed by atoms with Crippen LogP contribution in [0.3, 0.4) is 0 Å². The number of thioether (sulfide) groups is 1. The lowest BCUT2D eigenvalue weighted by atomic mass is 10.2. The molecule has 4 nitrogen and oxygen atoms in total. The number of rotatable bonds is 6. The van der Waals surface area contributed by atoms with Gasteiger partial charge in [-0.1, -0.05) is 59.8 Å². The van der Waals surface area contributed by atoms with E-state index in [1.165, 1.54) is 5.56 Å². The predicted molar refractivity (Wildman–Crippen MR) is 101 cm³/mol. The fraction of sp³-hybridized carbons (Fsp3) is 0.222. The van der Waals surface area contributed by atoms with Gasteiger partial charge in [-0.25, -0.2) is 0 Å². The van der Waals surface area contributed by atoms with Crippen molar-refractivity contribution in [3.63, 3.8) is 0 Å². The lowest BCUT2D eigenvalue weighted by molar-refractivity contribution is 0.744. The molecule has 0 amide bonds. The number of nitrogens with zero attached hydrogens (tertiary/aromatic N) is 3. The molecule has 0 aliphatic carbocycles. The fourth-order valence-electron chi connectivity index (χ4n) is 2.23. The molecule has 1 aromatic heterocycles. The SMILES string of the molecule is Cc1ccc(NCc2nnc(SCc3ccccc3)n2C)cc1Cl. The summed E-state index contributed by atoms with van der Waals surface area (Å²) in [6, 6.07) is 16.3. The molecule has 0 aliphatic heterocycles. The normalized spacial score (nSPS) is 10.8. The van der Waals surface area contributed by atoms with Crippen molar-refractivity contribution in [1.29, 1.82) is 0 Å². The standard InChI is InChI=1S/C18H19ClN4S/c1-13-8-9-15(10-16(13)19)20-11-17-21-22-18(23(17)2)24-12-14-6-4-3-5-7-14/h3-10,20H,11-12H2,1-2H3. The van der Waals surface area contributed by atoms with Crippen LogP contribution in [0.2, 0.25) is 5.02 Å². The third-order valence-corrected chi connectivity index (χ3v) is 5.26. The van der Waals surface area contributed by atoms with E-state index < -0.39 is 0 Å². The van der Waals surface area contributed by atoms with Crippen LogP contribution in [0.5, 0.6) is 0 Å². The Morgan fingerprint density at radius 3 is 2.67 bits per heavy atom. The maximum atomic E-state index is 6.15. The summed E-state index contributed by atoms with van der Waals surface area (Å²) in [5, 5.41) is 13.6. The zero-order chi connectivity index (χ0) is 16.9. The summed E-state index contributed by atoms with van der Waals surface area (Å²) >= 11 is 7.84. The van der Waals surface area contributed by atoms with Crippen LogP contribution in [-0.2, 0) is 19.3 Å². The monoisotopic (exact) mass is 358 g/mol. The third kappa shape index (κ3) is 4.10. The van der Waals surface area contributed by atoms with Gasteiger partial charge in [-0.3, -0.25) is 0 Å². The van der Waals surface area contributed by atoms with Crippen molar-refractivity contribution in [2.45, 2.75) is 24.4 Å². The second kappa shape index (κ2) is 7.73. The third-order valence-electron chi connectivity index (χ3n) is 3.76. The maximum absolute atomic E-state index is 6.15. The van der Waals surface area contributed by atoms with Crippen LogP contribution in [0.4, 0.5) is 5.69 Å². The van der Waals surface area contributed by atoms with Gasteiger partial charge in [-0.15, -0.1) is 10.2 Å². The highest BCUT2D eigenvalue weighted by atomic mass is 35.5. The van der Waals surface area contributed by atoms with Gasteiger partial charge in [0.25, 0.3) is 0 Å². The number of aromatic nitrogens is 3. The zero-order valence-electron chi connectivity index (χ0n) is 13.7. The quantitative estimate of drug-likeness (QED) is 0.649. The molecular weight excluding hydrogens is 340 g/mol. The molecule has 0 aliphatic rings. The van der Waals surface area contributed by atoms with E-state index in [1.807, 2.05) is 42.8 Å². The van der Waals surface area contributed by atoms with Crippen molar-refractivity contribution >= 4 is 29.1 Å². The van der Waals surface area contributed by atoms with Crippen LogP contribution in [-0.4, -0.2) is 14.8 Å². The zero-order valence-corrected chi connectivity index (χ0v) is 15.2.